The highest BCUT2D eigenvalue weighted by atomic mass is 16.5. The van der Waals surface area contributed by atoms with Gasteiger partial charge in [0, 0.05) is 11.3 Å². The molecule has 6 nitrogen and oxygen atoms in total. The fourth-order valence-corrected chi connectivity index (χ4v) is 2.55. The average Bonchev–Trinajstić information content (AvgIpc) is 2.84. The number of ether oxygens (including phenoxy) is 1. The van der Waals surface area contributed by atoms with Crippen LogP contribution >= 0.6 is 0 Å². The topological polar surface area (TPSA) is 76.4 Å². The molecule has 1 atom stereocenters. The number of amides is 2. The Bertz CT molecular complexity index is 675. The average molecular weight is 331 g/mol. The van der Waals surface area contributed by atoms with Gasteiger partial charge in [-0.1, -0.05) is 17.3 Å². The second-order valence-electron chi connectivity index (χ2n) is 6.12. The fraction of sp³-hybridized carbons (Fsp3) is 0.444. The van der Waals surface area contributed by atoms with Crippen molar-refractivity contribution in [1.29, 1.82) is 0 Å². The lowest BCUT2D eigenvalue weighted by atomic mass is 10.1. The van der Waals surface area contributed by atoms with Crippen LogP contribution in [0.3, 0.4) is 0 Å². The monoisotopic (exact) mass is 331 g/mol. The summed E-state index contributed by atoms with van der Waals surface area (Å²) in [6, 6.07) is 7.15. The van der Waals surface area contributed by atoms with Crippen molar-refractivity contribution in [3.05, 3.63) is 46.8 Å². The maximum Gasteiger partial charge on any atom is 0.319 e. The van der Waals surface area contributed by atoms with Gasteiger partial charge >= 0.3 is 6.03 Å². The summed E-state index contributed by atoms with van der Waals surface area (Å²) >= 11 is 0. The number of carbonyl (C=O) groups excluding carboxylic acids is 1. The van der Waals surface area contributed by atoms with Crippen LogP contribution in [0.15, 0.2) is 28.8 Å². The predicted octanol–water partition coefficient (Wildman–Crippen LogP) is 4.10. The van der Waals surface area contributed by atoms with E-state index < -0.39 is 0 Å². The Morgan fingerprint density at radius 3 is 2.67 bits per heavy atom. The molecule has 6 heteroatoms. The summed E-state index contributed by atoms with van der Waals surface area (Å²) in [5.41, 5.74) is 3.43. The highest BCUT2D eigenvalue weighted by Gasteiger charge is 2.18. The first-order chi connectivity index (χ1) is 11.4. The van der Waals surface area contributed by atoms with E-state index in [1.165, 1.54) is 0 Å². The van der Waals surface area contributed by atoms with Crippen LogP contribution in [0.2, 0.25) is 0 Å². The molecular formula is C18H25N3O3. The van der Waals surface area contributed by atoms with E-state index in [1.54, 1.807) is 0 Å². The summed E-state index contributed by atoms with van der Waals surface area (Å²) in [4.78, 5) is 12.2. The van der Waals surface area contributed by atoms with E-state index in [1.807, 2.05) is 58.9 Å². The molecule has 0 bridgehead atoms. The summed E-state index contributed by atoms with van der Waals surface area (Å²) < 4.78 is 10.7. The first-order valence-electron chi connectivity index (χ1n) is 8.07. The Kier molecular flexibility index (Phi) is 5.98. The summed E-state index contributed by atoms with van der Waals surface area (Å²) in [6.45, 7) is 10.1. The van der Waals surface area contributed by atoms with E-state index in [0.717, 1.165) is 22.5 Å². The number of hydrogen-bond acceptors (Lipinski definition) is 4. The van der Waals surface area contributed by atoms with Gasteiger partial charge in [0.1, 0.15) is 5.76 Å². The largest absolute Gasteiger partial charge is 0.374 e. The van der Waals surface area contributed by atoms with Crippen molar-refractivity contribution in [1.82, 2.24) is 10.5 Å². The summed E-state index contributed by atoms with van der Waals surface area (Å²) in [5, 5.41) is 9.66. The molecule has 0 fully saturated rings. The van der Waals surface area contributed by atoms with Gasteiger partial charge in [-0.2, -0.15) is 0 Å². The molecule has 24 heavy (non-hydrogen) atoms. The van der Waals surface area contributed by atoms with Crippen LogP contribution in [-0.4, -0.2) is 17.3 Å². The predicted molar refractivity (Wildman–Crippen MR) is 92.9 cm³/mol. The fourth-order valence-electron chi connectivity index (χ4n) is 2.55. The molecule has 1 heterocycles. The Morgan fingerprint density at radius 1 is 1.29 bits per heavy atom. The molecule has 2 N–H and O–H groups in total. The van der Waals surface area contributed by atoms with Gasteiger partial charge in [-0.3, -0.25) is 0 Å². The van der Waals surface area contributed by atoms with E-state index >= 15 is 0 Å². The van der Waals surface area contributed by atoms with Crippen LogP contribution in [0, 0.1) is 13.8 Å². The zero-order chi connectivity index (χ0) is 17.7. The molecule has 0 saturated carbocycles. The number of carbonyl (C=O) groups is 1. The molecule has 2 rings (SSSR count). The third-order valence-corrected chi connectivity index (χ3v) is 3.64. The van der Waals surface area contributed by atoms with Crippen molar-refractivity contribution >= 4 is 11.7 Å². The lowest BCUT2D eigenvalue weighted by Gasteiger charge is -2.15. The van der Waals surface area contributed by atoms with Crippen LogP contribution in [0.5, 0.6) is 0 Å². The van der Waals surface area contributed by atoms with Gasteiger partial charge in [-0.15, -0.1) is 0 Å². The molecule has 1 aromatic carbocycles. The number of rotatable bonds is 6. The smallest absolute Gasteiger partial charge is 0.319 e. The van der Waals surface area contributed by atoms with Crippen LogP contribution in [0.4, 0.5) is 10.5 Å². The molecule has 1 aromatic heterocycles. The second-order valence-corrected chi connectivity index (χ2v) is 6.12. The lowest BCUT2D eigenvalue weighted by Crippen LogP contribution is -2.31. The van der Waals surface area contributed by atoms with E-state index in [2.05, 4.69) is 15.8 Å². The van der Waals surface area contributed by atoms with Crippen molar-refractivity contribution in [2.45, 2.75) is 53.4 Å². The zero-order valence-electron chi connectivity index (χ0n) is 14.8. The molecule has 0 saturated heterocycles. The van der Waals surface area contributed by atoms with Crippen LogP contribution in [-0.2, 0) is 11.3 Å². The number of aryl methyl sites for hydroxylation is 2. The Balaban J connectivity index is 1.96. The molecule has 0 aliphatic heterocycles. The summed E-state index contributed by atoms with van der Waals surface area (Å²) in [7, 11) is 0. The number of benzene rings is 1. The minimum Gasteiger partial charge on any atom is -0.374 e. The van der Waals surface area contributed by atoms with Gasteiger partial charge in [0.2, 0.25) is 0 Å². The van der Waals surface area contributed by atoms with Gasteiger partial charge < -0.3 is 19.9 Å². The van der Waals surface area contributed by atoms with E-state index in [0.29, 0.717) is 12.4 Å². The van der Waals surface area contributed by atoms with Crippen molar-refractivity contribution in [2.24, 2.45) is 0 Å². The third kappa shape index (κ3) is 4.83. The van der Waals surface area contributed by atoms with E-state index in [4.69, 9.17) is 9.26 Å². The van der Waals surface area contributed by atoms with Gasteiger partial charge in [-0.05, 0) is 52.3 Å². The molecule has 0 spiro atoms. The first kappa shape index (κ1) is 18.0. The zero-order valence-corrected chi connectivity index (χ0v) is 14.8. The number of hydrogen-bond donors (Lipinski definition) is 2. The Labute approximate surface area is 142 Å². The standard InChI is InChI=1S/C18H25N3O3/c1-11(2)23-10-15-7-6-8-16(9-15)20-18(22)19-12(3)17-13(4)21-24-14(17)5/h6-9,11-12H,10H2,1-5H3,(H2,19,20,22)/t12-/m1/s1. The maximum absolute atomic E-state index is 12.2. The first-order valence-corrected chi connectivity index (χ1v) is 8.07. The lowest BCUT2D eigenvalue weighted by molar-refractivity contribution is 0.0657. The molecule has 2 amide bonds. The van der Waals surface area contributed by atoms with Crippen molar-refractivity contribution in [3.63, 3.8) is 0 Å². The summed E-state index contributed by atoms with van der Waals surface area (Å²) in [5.74, 6) is 0.716. The van der Waals surface area contributed by atoms with Crippen LogP contribution < -0.4 is 10.6 Å². The minimum absolute atomic E-state index is 0.167. The maximum atomic E-state index is 12.2. The van der Waals surface area contributed by atoms with Gasteiger partial charge in [0.15, 0.2) is 0 Å². The number of nitrogens with one attached hydrogen (secondary N) is 2. The van der Waals surface area contributed by atoms with E-state index in [9.17, 15) is 4.79 Å². The van der Waals surface area contributed by atoms with Crippen molar-refractivity contribution in [2.75, 3.05) is 5.32 Å². The molecule has 0 aliphatic rings. The third-order valence-electron chi connectivity index (χ3n) is 3.64. The highest BCUT2D eigenvalue weighted by molar-refractivity contribution is 5.89. The van der Waals surface area contributed by atoms with Crippen LogP contribution in [0.1, 0.15) is 49.4 Å². The van der Waals surface area contributed by atoms with Crippen molar-refractivity contribution in [3.8, 4) is 0 Å². The van der Waals surface area contributed by atoms with Crippen molar-refractivity contribution < 1.29 is 14.1 Å². The highest BCUT2D eigenvalue weighted by Crippen LogP contribution is 2.21. The molecule has 0 aliphatic carbocycles. The SMILES string of the molecule is Cc1noc(C)c1[C@@H](C)NC(=O)Nc1cccc(COC(C)C)c1. The Hall–Kier alpha value is -2.34. The summed E-state index contributed by atoms with van der Waals surface area (Å²) in [6.07, 6.45) is 0.167. The number of aromatic nitrogens is 1. The normalized spacial score (nSPS) is 12.2. The quantitative estimate of drug-likeness (QED) is 0.835. The molecule has 130 valence electrons. The number of urea groups is 1. The van der Waals surface area contributed by atoms with Gasteiger partial charge in [0.05, 0.1) is 24.4 Å². The van der Waals surface area contributed by atoms with Gasteiger partial charge in [-0.25, -0.2) is 4.79 Å². The number of anilines is 1. The molecule has 0 radical (unpaired) electrons. The molecule has 0 unspecified atom stereocenters. The second kappa shape index (κ2) is 7.97. The van der Waals surface area contributed by atoms with Crippen LogP contribution in [0.25, 0.3) is 0 Å². The molecular weight excluding hydrogens is 306 g/mol. The number of nitrogens with zero attached hydrogens (tertiary/aromatic N) is 1. The minimum atomic E-state index is -0.274. The Morgan fingerprint density at radius 2 is 2.04 bits per heavy atom. The van der Waals surface area contributed by atoms with Gasteiger partial charge in [0.25, 0.3) is 0 Å². The molecule has 2 aromatic rings. The van der Waals surface area contributed by atoms with E-state index in [-0.39, 0.29) is 18.2 Å².